The van der Waals surface area contributed by atoms with Crippen molar-refractivity contribution in [2.45, 2.75) is 51.6 Å². The van der Waals surface area contributed by atoms with Crippen LogP contribution in [0.15, 0.2) is 5.51 Å². The fraction of sp³-hybridized carbons (Fsp3) is 0.824. The van der Waals surface area contributed by atoms with E-state index in [4.69, 9.17) is 0 Å². The predicted molar refractivity (Wildman–Crippen MR) is 87.6 cm³/mol. The maximum Gasteiger partial charge on any atom is 0.0798 e. The largest absolute Gasteiger partial charge is 0.299 e. The highest BCUT2D eigenvalue weighted by atomic mass is 32.1. The van der Waals surface area contributed by atoms with Gasteiger partial charge in [-0.1, -0.05) is 6.42 Å². The zero-order valence-electron chi connectivity index (χ0n) is 13.1. The van der Waals surface area contributed by atoms with Gasteiger partial charge in [-0.25, -0.2) is 4.98 Å². The monoisotopic (exact) mass is 305 g/mol. The van der Waals surface area contributed by atoms with Crippen LogP contribution < -0.4 is 0 Å². The molecule has 1 aliphatic carbocycles. The number of hydrogen-bond donors (Lipinski definition) is 0. The average Bonchev–Trinajstić information content (AvgIpc) is 2.65. The summed E-state index contributed by atoms with van der Waals surface area (Å²) >= 11 is 1.83. The van der Waals surface area contributed by atoms with E-state index in [0.717, 1.165) is 24.4 Å². The molecule has 3 aliphatic heterocycles. The van der Waals surface area contributed by atoms with E-state index in [9.17, 15) is 0 Å². The molecule has 2 atom stereocenters. The molecular weight excluding hydrogens is 278 g/mol. The Morgan fingerprint density at radius 2 is 2.10 bits per heavy atom. The Kier molecular flexibility index (Phi) is 4.03. The second-order valence-electron chi connectivity index (χ2n) is 7.40. The standard InChI is InChI=1S/C17H27N3S/c1-13-17(21-12-18-13)11-19-7-15-5-6-16(10-19)20(9-15)8-14-3-2-4-14/h12,14-16H,2-11H2,1H3/t15-,16+/m1/s1. The van der Waals surface area contributed by atoms with Gasteiger partial charge in [-0.15, -0.1) is 11.3 Å². The van der Waals surface area contributed by atoms with Gasteiger partial charge in [0.25, 0.3) is 0 Å². The van der Waals surface area contributed by atoms with Crippen LogP contribution in [0.2, 0.25) is 0 Å². The zero-order chi connectivity index (χ0) is 14.2. The molecule has 4 fully saturated rings. The van der Waals surface area contributed by atoms with Crippen LogP contribution in [0.25, 0.3) is 0 Å². The van der Waals surface area contributed by atoms with Crippen molar-refractivity contribution in [1.82, 2.24) is 14.8 Å². The minimum Gasteiger partial charge on any atom is -0.299 e. The summed E-state index contributed by atoms with van der Waals surface area (Å²) in [7, 11) is 0. The van der Waals surface area contributed by atoms with Gasteiger partial charge in [-0.05, 0) is 44.4 Å². The van der Waals surface area contributed by atoms with Crippen LogP contribution in [0.3, 0.4) is 0 Å². The summed E-state index contributed by atoms with van der Waals surface area (Å²) in [5.41, 5.74) is 3.24. The van der Waals surface area contributed by atoms with Crippen molar-refractivity contribution in [1.29, 1.82) is 0 Å². The fourth-order valence-electron chi connectivity index (χ4n) is 4.32. The third kappa shape index (κ3) is 3.03. The molecule has 5 rings (SSSR count). The summed E-state index contributed by atoms with van der Waals surface area (Å²) < 4.78 is 0. The van der Waals surface area contributed by atoms with Crippen molar-refractivity contribution in [3.63, 3.8) is 0 Å². The SMILES string of the molecule is Cc1ncsc1CN1C[C@H]2CC[C@@H](C1)N(CC1CCC1)C2. The molecule has 0 N–H and O–H groups in total. The number of aromatic nitrogens is 1. The first-order valence-corrected chi connectivity index (χ1v) is 9.51. The van der Waals surface area contributed by atoms with Gasteiger partial charge in [-0.2, -0.15) is 0 Å². The lowest BCUT2D eigenvalue weighted by Crippen LogP contribution is -2.46. The molecule has 4 heteroatoms. The highest BCUT2D eigenvalue weighted by Gasteiger charge is 2.36. The van der Waals surface area contributed by atoms with Gasteiger partial charge in [0.05, 0.1) is 11.2 Å². The average molecular weight is 305 g/mol. The lowest BCUT2D eigenvalue weighted by atomic mass is 9.83. The van der Waals surface area contributed by atoms with Gasteiger partial charge in [0.2, 0.25) is 0 Å². The molecular formula is C17H27N3S. The minimum absolute atomic E-state index is 0.817. The fourth-order valence-corrected chi connectivity index (χ4v) is 5.14. The Morgan fingerprint density at radius 3 is 2.81 bits per heavy atom. The van der Waals surface area contributed by atoms with E-state index in [2.05, 4.69) is 21.7 Å². The van der Waals surface area contributed by atoms with Crippen molar-refractivity contribution in [3.05, 3.63) is 16.1 Å². The molecule has 116 valence electrons. The van der Waals surface area contributed by atoms with Crippen molar-refractivity contribution in [3.8, 4) is 0 Å². The van der Waals surface area contributed by atoms with E-state index in [1.54, 1.807) is 0 Å². The maximum absolute atomic E-state index is 4.41. The highest BCUT2D eigenvalue weighted by Crippen LogP contribution is 2.33. The summed E-state index contributed by atoms with van der Waals surface area (Å²) in [5, 5.41) is 0. The molecule has 0 radical (unpaired) electrons. The first-order chi connectivity index (χ1) is 10.3. The smallest absolute Gasteiger partial charge is 0.0798 e. The number of hydrogen-bond acceptors (Lipinski definition) is 4. The summed E-state index contributed by atoms with van der Waals surface area (Å²) in [6.45, 7) is 8.60. The number of piperidine rings is 1. The lowest BCUT2D eigenvalue weighted by molar-refractivity contribution is 0.0891. The van der Waals surface area contributed by atoms with Crippen molar-refractivity contribution >= 4 is 11.3 Å². The molecule has 1 aromatic heterocycles. The Balaban J connectivity index is 1.41. The van der Waals surface area contributed by atoms with E-state index in [1.807, 2.05) is 16.8 Å². The van der Waals surface area contributed by atoms with Crippen LogP contribution in [0.5, 0.6) is 0 Å². The van der Waals surface area contributed by atoms with E-state index in [0.29, 0.717) is 0 Å². The first-order valence-electron chi connectivity index (χ1n) is 8.63. The van der Waals surface area contributed by atoms with Gasteiger partial charge in [0.15, 0.2) is 0 Å². The lowest BCUT2D eigenvalue weighted by Gasteiger charge is -2.40. The Hall–Kier alpha value is -0.450. The summed E-state index contributed by atoms with van der Waals surface area (Å²) in [4.78, 5) is 11.4. The summed E-state index contributed by atoms with van der Waals surface area (Å²) in [5.74, 6) is 1.92. The molecule has 3 nitrogen and oxygen atoms in total. The third-order valence-electron chi connectivity index (χ3n) is 5.83. The Bertz CT molecular complexity index is 482. The number of aryl methyl sites for hydroxylation is 1. The molecule has 2 bridgehead atoms. The molecule has 0 unspecified atom stereocenters. The van der Waals surface area contributed by atoms with Gasteiger partial charge in [0, 0.05) is 43.6 Å². The second kappa shape index (κ2) is 5.98. The molecule has 0 amide bonds. The quantitative estimate of drug-likeness (QED) is 0.852. The van der Waals surface area contributed by atoms with E-state index in [1.165, 1.54) is 68.9 Å². The topological polar surface area (TPSA) is 19.4 Å². The van der Waals surface area contributed by atoms with Crippen molar-refractivity contribution in [2.24, 2.45) is 11.8 Å². The third-order valence-corrected chi connectivity index (χ3v) is 6.75. The second-order valence-corrected chi connectivity index (χ2v) is 8.34. The molecule has 0 aromatic carbocycles. The number of fused-ring (bicyclic) bond motifs is 4. The van der Waals surface area contributed by atoms with Crippen LogP contribution in [-0.4, -0.2) is 47.0 Å². The van der Waals surface area contributed by atoms with Gasteiger partial charge >= 0.3 is 0 Å². The van der Waals surface area contributed by atoms with E-state index in [-0.39, 0.29) is 0 Å². The zero-order valence-corrected chi connectivity index (χ0v) is 13.9. The van der Waals surface area contributed by atoms with Crippen molar-refractivity contribution in [2.75, 3.05) is 26.2 Å². The van der Waals surface area contributed by atoms with Crippen LogP contribution in [-0.2, 0) is 6.54 Å². The normalized spacial score (nSPS) is 31.3. The molecule has 1 saturated carbocycles. The van der Waals surface area contributed by atoms with E-state index >= 15 is 0 Å². The van der Waals surface area contributed by atoms with Crippen LogP contribution >= 0.6 is 11.3 Å². The van der Waals surface area contributed by atoms with Crippen LogP contribution in [0, 0.1) is 18.8 Å². The van der Waals surface area contributed by atoms with E-state index < -0.39 is 0 Å². The maximum atomic E-state index is 4.41. The number of nitrogens with zero attached hydrogens (tertiary/aromatic N) is 3. The molecule has 0 spiro atoms. The van der Waals surface area contributed by atoms with Crippen molar-refractivity contribution < 1.29 is 0 Å². The number of rotatable bonds is 4. The Labute approximate surface area is 132 Å². The van der Waals surface area contributed by atoms with Gasteiger partial charge in [0.1, 0.15) is 0 Å². The summed E-state index contributed by atoms with van der Waals surface area (Å²) in [6.07, 6.45) is 7.32. The van der Waals surface area contributed by atoms with Gasteiger partial charge < -0.3 is 0 Å². The molecule has 4 heterocycles. The molecule has 21 heavy (non-hydrogen) atoms. The summed E-state index contributed by atoms with van der Waals surface area (Å²) in [6, 6.07) is 0.817. The molecule has 3 saturated heterocycles. The first kappa shape index (κ1) is 14.2. The van der Waals surface area contributed by atoms with Gasteiger partial charge in [-0.3, -0.25) is 9.80 Å². The minimum atomic E-state index is 0.817. The predicted octanol–water partition coefficient (Wildman–Crippen LogP) is 3.15. The molecule has 1 aromatic rings. The Morgan fingerprint density at radius 1 is 1.19 bits per heavy atom. The van der Waals surface area contributed by atoms with Crippen LogP contribution in [0.1, 0.15) is 42.7 Å². The molecule has 4 aliphatic rings. The number of thiazole rings is 1. The highest BCUT2D eigenvalue weighted by molar-refractivity contribution is 7.09. The van der Waals surface area contributed by atoms with Crippen LogP contribution in [0.4, 0.5) is 0 Å².